The molecule has 0 rings (SSSR count). The van der Waals surface area contributed by atoms with Gasteiger partial charge in [-0.3, -0.25) is 0 Å². The van der Waals surface area contributed by atoms with E-state index in [4.69, 9.17) is 25.9 Å². The van der Waals surface area contributed by atoms with E-state index in [1.165, 1.54) is 231 Å². The maximum absolute atomic E-state index is 10.7. The van der Waals surface area contributed by atoms with Gasteiger partial charge in [0.25, 0.3) is 0 Å². The maximum Gasteiger partial charge on any atom is 2.00 e. The van der Waals surface area contributed by atoms with E-state index in [1.54, 1.807) is 37.0 Å². The Morgan fingerprint density at radius 2 is 0.388 bits per heavy atom. The molecule has 17 heteroatoms. The molecule has 0 amide bonds. The topological polar surface area (TPSA) is 114 Å². The van der Waals surface area contributed by atoms with E-state index in [1.807, 2.05) is 0 Å². The molecule has 0 saturated heterocycles. The summed E-state index contributed by atoms with van der Waals surface area (Å²) in [7, 11) is -11.4. The molecule has 67 heavy (non-hydrogen) atoms. The molecule has 0 saturated carbocycles. The van der Waals surface area contributed by atoms with Crippen LogP contribution in [0.2, 0.25) is 0 Å². The fourth-order valence-electron chi connectivity index (χ4n) is 7.37. The van der Waals surface area contributed by atoms with Crippen molar-refractivity contribution in [2.24, 2.45) is 0 Å². The third-order valence-electron chi connectivity index (χ3n) is 11.5. The molecule has 0 aliphatic heterocycles. The number of hydrogen-bond donors (Lipinski definition) is 0. The van der Waals surface area contributed by atoms with Gasteiger partial charge in [-0.05, 0) is 75.5 Å². The second kappa shape index (κ2) is 54.7. The van der Waals surface area contributed by atoms with Crippen LogP contribution in [-0.4, -0.2) is 73.9 Å². The van der Waals surface area contributed by atoms with Crippen LogP contribution in [0.1, 0.15) is 273 Å². The predicted molar refractivity (Wildman–Crippen MR) is 275 cm³/mol. The smallest absolute Gasteiger partial charge is 0.741 e. The molecular weight excluding hydrogens is 1130 g/mol. The normalized spacial score (nSPS) is 11.9. The average Bonchev–Trinajstić information content (AvgIpc) is 3.24. The first kappa shape index (κ1) is 76.9. The van der Waals surface area contributed by atoms with Gasteiger partial charge in [-0.25, -0.2) is 16.8 Å². The van der Waals surface area contributed by atoms with E-state index in [2.05, 4.69) is 41.5 Å². The predicted octanol–water partition coefficient (Wildman–Crippen LogP) is 19.2. The van der Waals surface area contributed by atoms with E-state index in [0.29, 0.717) is 15.8 Å². The van der Waals surface area contributed by atoms with Crippen LogP contribution in [0.3, 0.4) is 0 Å². The molecule has 0 aliphatic rings. The summed E-state index contributed by atoms with van der Waals surface area (Å²) in [4.78, 5) is 0. The van der Waals surface area contributed by atoms with Crippen LogP contribution >= 0.6 is 15.8 Å². The van der Waals surface area contributed by atoms with E-state index < -0.39 is 31.3 Å². The molecule has 412 valence electrons. The summed E-state index contributed by atoms with van der Waals surface area (Å²) in [5, 5.41) is 0. The maximum atomic E-state index is 10.7. The molecule has 0 bridgehead atoms. The molecule has 6 nitrogen and oxygen atoms in total. The van der Waals surface area contributed by atoms with Gasteiger partial charge in [0.1, 0.15) is 0 Å². The third kappa shape index (κ3) is 63.0. The van der Waals surface area contributed by atoms with Crippen LogP contribution in [0.4, 0.5) is 26.3 Å². The van der Waals surface area contributed by atoms with Gasteiger partial charge in [-0.2, -0.15) is 26.3 Å². The molecule has 0 unspecified atom stereocenters. The van der Waals surface area contributed by atoms with Crippen LogP contribution in [0.25, 0.3) is 0 Å². The van der Waals surface area contributed by atoms with Crippen LogP contribution in [0.5, 0.6) is 0 Å². The molecule has 0 spiro atoms. The van der Waals surface area contributed by atoms with Crippen molar-refractivity contribution in [3.63, 3.8) is 0 Å². The van der Waals surface area contributed by atoms with Crippen molar-refractivity contribution in [1.29, 1.82) is 0 Å². The molecule has 0 aromatic carbocycles. The molecule has 0 atom stereocenters. The molecular formula is C50H102F6O6P2PtS2. The molecule has 0 aliphatic carbocycles. The summed E-state index contributed by atoms with van der Waals surface area (Å²) < 4.78 is 118. The van der Waals surface area contributed by atoms with Gasteiger partial charge in [0.15, 0.2) is 20.2 Å². The van der Waals surface area contributed by atoms with Gasteiger partial charge in [0, 0.05) is 0 Å². The largest absolute Gasteiger partial charge is 2.00 e. The first-order valence-corrected chi connectivity index (χ1v) is 33.3. The molecule has 0 fully saturated rings. The van der Waals surface area contributed by atoms with Gasteiger partial charge in [-0.15, -0.1) is 15.8 Å². The van der Waals surface area contributed by atoms with Gasteiger partial charge in [0.05, 0.1) is 0 Å². The Bertz CT molecular complexity index is 1020. The van der Waals surface area contributed by atoms with Crippen molar-refractivity contribution in [3.8, 4) is 0 Å². The van der Waals surface area contributed by atoms with E-state index in [9.17, 15) is 26.3 Å². The Kier molecular flexibility index (Phi) is 62.8. The third-order valence-corrected chi connectivity index (χ3v) is 18.4. The summed E-state index contributed by atoms with van der Waals surface area (Å²) in [5.74, 6) is 0. The minimum atomic E-state index is -6.09. The number of unbranched alkanes of at least 4 members (excludes halogenated alkanes) is 30. The fourth-order valence-corrected chi connectivity index (χ4v) is 12.7. The Labute approximate surface area is 427 Å². The van der Waals surface area contributed by atoms with Gasteiger partial charge in [0.2, 0.25) is 0 Å². The number of hydrogen-bond acceptors (Lipinski definition) is 6. The summed E-state index contributed by atoms with van der Waals surface area (Å²) in [6, 6.07) is 0. The Balaban J connectivity index is -0.000000285. The van der Waals surface area contributed by atoms with Crippen molar-refractivity contribution < 1.29 is 73.3 Å². The second-order valence-corrected chi connectivity index (χ2v) is 26.2. The molecule has 0 N–H and O–H groups in total. The zero-order valence-corrected chi connectivity index (χ0v) is 49.1. The standard InChI is InChI=1S/2C24H51P.2CHF3O3S.Pt/c2*1-4-7-10-13-16-19-22-25(23-20-17-14-11-8-5-2)24-21-18-15-12-9-6-3;2*2-1(3,4)8(5,6)7;/h2*4-24H2,1-3H3;2*(H,5,6,7);/q;;;;+2/p-2. The first-order chi connectivity index (χ1) is 31.2. The number of halogens is 6. The van der Waals surface area contributed by atoms with Crippen LogP contribution in [-0.2, 0) is 41.3 Å². The van der Waals surface area contributed by atoms with Gasteiger partial charge >= 0.3 is 32.1 Å². The Hall–Kier alpha value is 0.948. The molecule has 0 aromatic heterocycles. The van der Waals surface area contributed by atoms with Crippen LogP contribution in [0, 0.1) is 0 Å². The van der Waals surface area contributed by atoms with Crippen molar-refractivity contribution in [1.82, 2.24) is 0 Å². The van der Waals surface area contributed by atoms with Gasteiger partial charge < -0.3 is 9.11 Å². The Morgan fingerprint density at radius 3 is 0.493 bits per heavy atom. The zero-order valence-electron chi connectivity index (χ0n) is 43.4. The van der Waals surface area contributed by atoms with Crippen molar-refractivity contribution in [2.75, 3.05) is 37.0 Å². The first-order valence-electron chi connectivity index (χ1n) is 26.7. The summed E-state index contributed by atoms with van der Waals surface area (Å²) in [6.07, 6.45) is 62.5. The average molecular weight is 1230 g/mol. The van der Waals surface area contributed by atoms with E-state index >= 15 is 0 Å². The second-order valence-electron chi connectivity index (χ2n) is 18.1. The number of rotatable bonds is 42. The van der Waals surface area contributed by atoms with Crippen LogP contribution < -0.4 is 0 Å². The zero-order chi connectivity index (χ0) is 50.9. The summed E-state index contributed by atoms with van der Waals surface area (Å²) in [6.45, 7) is 13.9. The minimum Gasteiger partial charge on any atom is -0.741 e. The molecule has 0 aromatic rings. The minimum absolute atomic E-state index is 0. The van der Waals surface area contributed by atoms with Crippen molar-refractivity contribution >= 4 is 36.1 Å². The molecule has 0 heterocycles. The van der Waals surface area contributed by atoms with Crippen molar-refractivity contribution in [2.45, 2.75) is 284 Å². The van der Waals surface area contributed by atoms with E-state index in [-0.39, 0.29) is 21.1 Å². The van der Waals surface area contributed by atoms with E-state index in [0.717, 1.165) is 0 Å². The fraction of sp³-hybridized carbons (Fsp3) is 1.00. The Morgan fingerprint density at radius 1 is 0.284 bits per heavy atom. The SMILES string of the molecule is CCCCCCCCP(CCCCCCCC)CCCCCCCC.CCCCCCCCP(CCCCCCCC)CCCCCCCC.O=S(=O)([O-])C(F)(F)F.O=S(=O)([O-])C(F)(F)F.[Pt+2]. The molecule has 0 radical (unpaired) electrons. The summed E-state index contributed by atoms with van der Waals surface area (Å²) in [5.41, 5.74) is -11.3. The summed E-state index contributed by atoms with van der Waals surface area (Å²) >= 11 is 0. The van der Waals surface area contributed by atoms with Crippen molar-refractivity contribution in [3.05, 3.63) is 0 Å². The van der Waals surface area contributed by atoms with Gasteiger partial charge in [-0.1, -0.05) is 234 Å². The monoisotopic (exact) mass is 1230 g/mol. The number of alkyl halides is 6. The van der Waals surface area contributed by atoms with Crippen LogP contribution in [0.15, 0.2) is 0 Å². The quantitative estimate of drug-likeness (QED) is 0.0198.